The van der Waals surface area contributed by atoms with Crippen molar-refractivity contribution in [2.75, 3.05) is 35.7 Å². The Morgan fingerprint density at radius 3 is 2.29 bits per heavy atom. The largest absolute Gasteiger partial charge is 0.448 e. The number of carbonyl (C=O) groups is 3. The van der Waals surface area contributed by atoms with Crippen molar-refractivity contribution < 1.29 is 49.9 Å². The lowest BCUT2D eigenvalue weighted by Crippen LogP contribution is -2.54. The zero-order chi connectivity index (χ0) is 44.1. The van der Waals surface area contributed by atoms with Crippen LogP contribution in [0.3, 0.4) is 0 Å². The molecule has 1 saturated heterocycles. The summed E-state index contributed by atoms with van der Waals surface area (Å²) in [6, 6.07) is 20.4. The summed E-state index contributed by atoms with van der Waals surface area (Å²) in [5.74, 6) is -6.98. The van der Waals surface area contributed by atoms with E-state index in [9.17, 15) is 22.8 Å². The maximum atomic E-state index is 16.0. The van der Waals surface area contributed by atoms with Gasteiger partial charge in [0.15, 0.2) is 9.84 Å². The number of aromatic nitrogens is 2. The van der Waals surface area contributed by atoms with Crippen LogP contribution in [0.5, 0.6) is 0 Å². The maximum Gasteiger partial charge on any atom is 0.410 e. The number of benzene rings is 4. The highest BCUT2D eigenvalue weighted by atomic mass is 35.5. The van der Waals surface area contributed by atoms with Crippen molar-refractivity contribution >= 4 is 51.2 Å². The molecule has 0 spiro atoms. The SMILES string of the molecule is CC(C)(C)OC(=O)N[C@H]1CS(=O)(=O)c2cc(F)c(-c3nnc(NC4CN(C(=O)OCC5c6ccccc6-c6ccccc65)CC(F)(F)C4)o3)cc2N(Cc2ccc(Cl)cc2)C1=O. The van der Waals surface area contributed by atoms with Gasteiger partial charge in [-0.15, -0.1) is 5.10 Å². The van der Waals surface area contributed by atoms with Crippen LogP contribution in [-0.4, -0.2) is 90.7 Å². The molecule has 324 valence electrons. The first-order chi connectivity index (χ1) is 29.3. The number of amides is 3. The molecule has 2 aliphatic heterocycles. The molecule has 2 atom stereocenters. The second kappa shape index (κ2) is 16.3. The number of halogens is 4. The van der Waals surface area contributed by atoms with Gasteiger partial charge in [-0.2, -0.15) is 0 Å². The van der Waals surface area contributed by atoms with Crippen LogP contribution in [0, 0.1) is 5.82 Å². The minimum atomic E-state index is -4.46. The van der Waals surface area contributed by atoms with Crippen molar-refractivity contribution in [1.82, 2.24) is 20.4 Å². The Bertz CT molecular complexity index is 2630. The van der Waals surface area contributed by atoms with Crippen molar-refractivity contribution in [2.45, 2.75) is 68.2 Å². The molecule has 62 heavy (non-hydrogen) atoms. The minimum Gasteiger partial charge on any atom is -0.448 e. The normalized spacial score (nSPS) is 19.2. The average molecular weight is 893 g/mol. The number of fused-ring (bicyclic) bond motifs is 4. The number of carbonyl (C=O) groups excluding carboxylic acids is 3. The molecule has 1 aromatic heterocycles. The van der Waals surface area contributed by atoms with E-state index in [1.54, 1.807) is 45.0 Å². The number of ether oxygens (including phenoxy) is 2. The van der Waals surface area contributed by atoms with Crippen LogP contribution >= 0.6 is 11.6 Å². The lowest BCUT2D eigenvalue weighted by molar-refractivity contribution is -0.120. The van der Waals surface area contributed by atoms with E-state index in [0.717, 1.165) is 38.1 Å². The average Bonchev–Trinajstić information content (AvgIpc) is 3.78. The van der Waals surface area contributed by atoms with E-state index >= 15 is 13.2 Å². The van der Waals surface area contributed by atoms with E-state index < -0.39 is 98.4 Å². The zero-order valence-corrected chi connectivity index (χ0v) is 35.1. The van der Waals surface area contributed by atoms with Crippen LogP contribution in [-0.2, 0) is 30.7 Å². The summed E-state index contributed by atoms with van der Waals surface area (Å²) in [6.45, 7) is 3.36. The molecule has 14 nitrogen and oxygen atoms in total. The number of sulfone groups is 1. The molecule has 1 fully saturated rings. The first-order valence-electron chi connectivity index (χ1n) is 19.5. The fourth-order valence-electron chi connectivity index (χ4n) is 7.93. The summed E-state index contributed by atoms with van der Waals surface area (Å²) in [5.41, 5.74) is 2.81. The van der Waals surface area contributed by atoms with Crippen molar-refractivity contribution in [2.24, 2.45) is 0 Å². The van der Waals surface area contributed by atoms with Gasteiger partial charge in [-0.05, 0) is 72.9 Å². The van der Waals surface area contributed by atoms with Gasteiger partial charge in [0.25, 0.3) is 17.7 Å². The molecular formula is C43H40ClF3N6O8S. The van der Waals surface area contributed by atoms with Crippen LogP contribution in [0.1, 0.15) is 49.8 Å². The van der Waals surface area contributed by atoms with Crippen LogP contribution in [0.4, 0.5) is 34.5 Å². The molecule has 0 saturated carbocycles. The van der Waals surface area contributed by atoms with Gasteiger partial charge in [0, 0.05) is 23.9 Å². The highest BCUT2D eigenvalue weighted by Crippen LogP contribution is 2.45. The van der Waals surface area contributed by atoms with Gasteiger partial charge in [0.1, 0.15) is 24.1 Å². The van der Waals surface area contributed by atoms with Gasteiger partial charge in [-0.1, -0.05) is 77.4 Å². The highest BCUT2D eigenvalue weighted by molar-refractivity contribution is 7.91. The second-order valence-corrected chi connectivity index (χ2v) is 18.8. The number of alkyl halides is 2. The lowest BCUT2D eigenvalue weighted by Gasteiger charge is -2.37. The quantitative estimate of drug-likeness (QED) is 0.156. The Balaban J connectivity index is 1.02. The van der Waals surface area contributed by atoms with E-state index in [2.05, 4.69) is 20.8 Å². The molecule has 2 N–H and O–H groups in total. The third-order valence-corrected chi connectivity index (χ3v) is 12.6. The lowest BCUT2D eigenvalue weighted by atomic mass is 9.98. The number of hydrogen-bond donors (Lipinski definition) is 2. The van der Waals surface area contributed by atoms with Gasteiger partial charge in [-0.3, -0.25) is 4.79 Å². The molecule has 3 aliphatic rings. The Hall–Kier alpha value is -6.14. The third-order valence-electron chi connectivity index (χ3n) is 10.6. The van der Waals surface area contributed by atoms with E-state index in [0.29, 0.717) is 16.7 Å². The summed E-state index contributed by atoms with van der Waals surface area (Å²) >= 11 is 6.08. The smallest absolute Gasteiger partial charge is 0.410 e. The van der Waals surface area contributed by atoms with Crippen molar-refractivity contribution in [3.63, 3.8) is 0 Å². The number of piperidine rings is 1. The third kappa shape index (κ3) is 8.92. The molecule has 1 aliphatic carbocycles. The monoisotopic (exact) mass is 892 g/mol. The van der Waals surface area contributed by atoms with Crippen LogP contribution in [0.15, 0.2) is 94.2 Å². The molecule has 1 unspecified atom stereocenters. The summed E-state index contributed by atoms with van der Waals surface area (Å²) in [4.78, 5) is 41.7. The molecule has 0 radical (unpaired) electrons. The maximum absolute atomic E-state index is 16.0. The Labute approximate surface area is 359 Å². The van der Waals surface area contributed by atoms with E-state index in [-0.39, 0.29) is 31.3 Å². The second-order valence-electron chi connectivity index (χ2n) is 16.3. The highest BCUT2D eigenvalue weighted by Gasteiger charge is 2.44. The summed E-state index contributed by atoms with van der Waals surface area (Å²) in [7, 11) is -4.46. The first kappa shape index (κ1) is 42.5. The van der Waals surface area contributed by atoms with Crippen LogP contribution in [0.25, 0.3) is 22.6 Å². The number of anilines is 2. The number of nitrogens with zero attached hydrogens (tertiary/aromatic N) is 4. The van der Waals surface area contributed by atoms with Gasteiger partial charge >= 0.3 is 18.2 Å². The summed E-state index contributed by atoms with van der Waals surface area (Å²) in [6.07, 6.45) is -2.70. The number of rotatable bonds is 8. The van der Waals surface area contributed by atoms with Gasteiger partial charge in [-0.25, -0.2) is 31.2 Å². The van der Waals surface area contributed by atoms with E-state index in [1.807, 2.05) is 48.5 Å². The van der Waals surface area contributed by atoms with Gasteiger partial charge < -0.3 is 34.3 Å². The predicted molar refractivity (Wildman–Crippen MR) is 221 cm³/mol. The standard InChI is InChI=1S/C43H40ClF3N6O8S/c1-42(2,3)61-40(55)49-34-22-62(57,58)36-17-33(45)31(16-35(36)53(38(34)54)19-24-12-14-25(44)15-13-24)37-50-51-39(60-37)48-26-18-43(46,47)23-52(20-26)41(56)59-21-32-29-10-6-4-8-27(29)28-9-5-7-11-30(28)32/h4-17,26,32,34H,18-23H2,1-3H3,(H,48,51)(H,49,55)/t26?,34-/m0/s1. The Kier molecular flexibility index (Phi) is 11.2. The molecule has 19 heteroatoms. The molecule has 4 aromatic carbocycles. The number of alkyl carbamates (subject to hydrolysis) is 1. The topological polar surface area (TPSA) is 173 Å². The summed E-state index contributed by atoms with van der Waals surface area (Å²) < 4.78 is 90.6. The van der Waals surface area contributed by atoms with Crippen LogP contribution < -0.4 is 15.5 Å². The van der Waals surface area contributed by atoms with Crippen LogP contribution in [0.2, 0.25) is 5.02 Å². The molecule has 3 amide bonds. The molecule has 8 rings (SSSR count). The molecular weight excluding hydrogens is 853 g/mol. The predicted octanol–water partition coefficient (Wildman–Crippen LogP) is 7.81. The van der Waals surface area contributed by atoms with E-state index in [4.69, 9.17) is 25.5 Å². The number of hydrogen-bond acceptors (Lipinski definition) is 11. The number of likely N-dealkylation sites (tertiary alicyclic amines) is 1. The zero-order valence-electron chi connectivity index (χ0n) is 33.5. The first-order valence-corrected chi connectivity index (χ1v) is 21.6. The van der Waals surface area contributed by atoms with Gasteiger partial charge in [0.05, 0.1) is 41.0 Å². The number of nitrogens with one attached hydrogen (secondary N) is 2. The minimum absolute atomic E-state index is 0.0721. The Morgan fingerprint density at radius 1 is 0.968 bits per heavy atom. The summed E-state index contributed by atoms with van der Waals surface area (Å²) in [5, 5.41) is 13.2. The van der Waals surface area contributed by atoms with E-state index in [1.165, 1.54) is 0 Å². The molecule has 0 bridgehead atoms. The van der Waals surface area contributed by atoms with Crippen molar-refractivity contribution in [3.8, 4) is 22.6 Å². The Morgan fingerprint density at radius 2 is 1.63 bits per heavy atom. The fraction of sp³-hybridized carbons (Fsp3) is 0.326. The molecule has 3 heterocycles. The fourth-order valence-corrected chi connectivity index (χ4v) is 9.67. The van der Waals surface area contributed by atoms with Gasteiger partial charge in [0.2, 0.25) is 0 Å². The molecule has 5 aromatic rings. The van der Waals surface area contributed by atoms with Crippen molar-refractivity contribution in [1.29, 1.82) is 0 Å². The van der Waals surface area contributed by atoms with Crippen molar-refractivity contribution in [3.05, 3.63) is 112 Å².